The van der Waals surface area contributed by atoms with Crippen molar-refractivity contribution in [3.05, 3.63) is 16.1 Å². The molecular formula is C13H22N4OS. The molecule has 0 aliphatic carbocycles. The molecule has 0 aromatic carbocycles. The van der Waals surface area contributed by atoms with Crippen molar-refractivity contribution in [3.63, 3.8) is 0 Å². The smallest absolute Gasteiger partial charge is 0.193 e. The van der Waals surface area contributed by atoms with E-state index in [0.29, 0.717) is 5.92 Å². The van der Waals surface area contributed by atoms with Crippen LogP contribution in [0.5, 0.6) is 0 Å². The van der Waals surface area contributed by atoms with Gasteiger partial charge in [-0.1, -0.05) is 0 Å². The summed E-state index contributed by atoms with van der Waals surface area (Å²) in [4.78, 5) is 10.9. The molecule has 0 bridgehead atoms. The standard InChI is InChI=1S/C13H22N4OS/c1-10-16-12(9-19-10)7-17(3)13(14-2)15-6-11-4-5-18-8-11/h9,11H,4-8H2,1-3H3,(H,14,15). The number of thiazole rings is 1. The molecule has 5 nitrogen and oxygen atoms in total. The number of hydrogen-bond acceptors (Lipinski definition) is 4. The first-order valence-electron chi connectivity index (χ1n) is 6.59. The summed E-state index contributed by atoms with van der Waals surface area (Å²) < 4.78 is 5.38. The molecule has 0 spiro atoms. The van der Waals surface area contributed by atoms with E-state index in [-0.39, 0.29) is 0 Å². The van der Waals surface area contributed by atoms with Gasteiger partial charge in [0.15, 0.2) is 5.96 Å². The second-order valence-corrected chi connectivity index (χ2v) is 5.93. The SMILES string of the molecule is CN=C(NCC1CCOC1)N(C)Cc1csc(C)n1. The van der Waals surface area contributed by atoms with Gasteiger partial charge in [0.2, 0.25) is 0 Å². The second-order valence-electron chi connectivity index (χ2n) is 4.87. The van der Waals surface area contributed by atoms with Crippen molar-refractivity contribution in [3.8, 4) is 0 Å². The van der Waals surface area contributed by atoms with Crippen molar-refractivity contribution >= 4 is 17.3 Å². The lowest BCUT2D eigenvalue weighted by molar-refractivity contribution is 0.186. The van der Waals surface area contributed by atoms with Crippen molar-refractivity contribution in [2.75, 3.05) is 33.9 Å². The Morgan fingerprint density at radius 2 is 2.53 bits per heavy atom. The highest BCUT2D eigenvalue weighted by Gasteiger charge is 2.17. The average Bonchev–Trinajstić information content (AvgIpc) is 3.02. The summed E-state index contributed by atoms with van der Waals surface area (Å²) in [5.74, 6) is 1.52. The lowest BCUT2D eigenvalue weighted by Gasteiger charge is -2.22. The van der Waals surface area contributed by atoms with Gasteiger partial charge < -0.3 is 15.0 Å². The van der Waals surface area contributed by atoms with E-state index < -0.39 is 0 Å². The number of aromatic nitrogens is 1. The van der Waals surface area contributed by atoms with Crippen molar-refractivity contribution in [2.45, 2.75) is 19.9 Å². The number of aryl methyl sites for hydroxylation is 1. The Balaban J connectivity index is 1.82. The van der Waals surface area contributed by atoms with Gasteiger partial charge in [0.05, 0.1) is 23.9 Å². The Hall–Kier alpha value is -1.14. The molecule has 1 aromatic rings. The Morgan fingerprint density at radius 3 is 3.11 bits per heavy atom. The molecule has 0 saturated carbocycles. The summed E-state index contributed by atoms with van der Waals surface area (Å²) in [6.07, 6.45) is 1.14. The molecule has 1 saturated heterocycles. The fraction of sp³-hybridized carbons (Fsp3) is 0.692. The normalized spacial score (nSPS) is 19.7. The molecule has 1 aliphatic heterocycles. The van der Waals surface area contributed by atoms with Gasteiger partial charge in [-0.25, -0.2) is 4.98 Å². The highest BCUT2D eigenvalue weighted by molar-refractivity contribution is 7.09. The zero-order valence-electron chi connectivity index (χ0n) is 11.8. The van der Waals surface area contributed by atoms with E-state index in [4.69, 9.17) is 4.74 Å². The summed E-state index contributed by atoms with van der Waals surface area (Å²) in [6, 6.07) is 0. The number of nitrogens with zero attached hydrogens (tertiary/aromatic N) is 3. The summed E-state index contributed by atoms with van der Waals surface area (Å²) >= 11 is 1.68. The van der Waals surface area contributed by atoms with Crippen LogP contribution in [0.25, 0.3) is 0 Å². The summed E-state index contributed by atoms with van der Waals surface area (Å²) in [7, 11) is 3.85. The lowest BCUT2D eigenvalue weighted by Crippen LogP contribution is -2.40. The fourth-order valence-corrected chi connectivity index (χ4v) is 2.77. The second kappa shape index (κ2) is 6.86. The Bertz CT molecular complexity index is 426. The zero-order valence-corrected chi connectivity index (χ0v) is 12.7. The van der Waals surface area contributed by atoms with Crippen molar-refractivity contribution < 1.29 is 4.74 Å². The highest BCUT2D eigenvalue weighted by Crippen LogP contribution is 2.12. The van der Waals surface area contributed by atoms with Crippen LogP contribution in [0.1, 0.15) is 17.1 Å². The molecule has 1 unspecified atom stereocenters. The number of guanidine groups is 1. The van der Waals surface area contributed by atoms with Gasteiger partial charge in [0.1, 0.15) is 0 Å². The third kappa shape index (κ3) is 4.18. The maximum Gasteiger partial charge on any atom is 0.193 e. The molecule has 106 valence electrons. The Kier molecular flexibility index (Phi) is 5.15. The number of ether oxygens (including phenoxy) is 1. The molecule has 1 aromatic heterocycles. The van der Waals surface area contributed by atoms with Gasteiger partial charge in [-0.3, -0.25) is 4.99 Å². The first-order chi connectivity index (χ1) is 9.19. The topological polar surface area (TPSA) is 49.8 Å². The predicted octanol–water partition coefficient (Wildman–Crippen LogP) is 1.50. The summed E-state index contributed by atoms with van der Waals surface area (Å²) in [6.45, 7) is 5.48. The Morgan fingerprint density at radius 1 is 1.68 bits per heavy atom. The van der Waals surface area contributed by atoms with Crippen LogP contribution in [0.3, 0.4) is 0 Å². The first kappa shape index (κ1) is 14.3. The molecule has 1 N–H and O–H groups in total. The van der Waals surface area contributed by atoms with Gasteiger partial charge in [-0.05, 0) is 13.3 Å². The highest BCUT2D eigenvalue weighted by atomic mass is 32.1. The number of hydrogen-bond donors (Lipinski definition) is 1. The largest absolute Gasteiger partial charge is 0.381 e. The molecular weight excluding hydrogens is 260 g/mol. The predicted molar refractivity (Wildman–Crippen MR) is 78.6 cm³/mol. The third-order valence-electron chi connectivity index (χ3n) is 3.21. The van der Waals surface area contributed by atoms with Crippen LogP contribution in [0, 0.1) is 12.8 Å². The fourth-order valence-electron chi connectivity index (χ4n) is 2.16. The van der Waals surface area contributed by atoms with Gasteiger partial charge in [-0.2, -0.15) is 0 Å². The van der Waals surface area contributed by atoms with Crippen LogP contribution in [-0.4, -0.2) is 49.7 Å². The maximum absolute atomic E-state index is 5.38. The molecule has 2 heterocycles. The molecule has 0 radical (unpaired) electrons. The number of rotatable bonds is 4. The van der Waals surface area contributed by atoms with Crippen LogP contribution in [0.4, 0.5) is 0 Å². The maximum atomic E-state index is 5.38. The quantitative estimate of drug-likeness (QED) is 0.671. The monoisotopic (exact) mass is 282 g/mol. The minimum atomic E-state index is 0.603. The van der Waals surface area contributed by atoms with E-state index in [2.05, 4.69) is 25.6 Å². The molecule has 6 heteroatoms. The molecule has 19 heavy (non-hydrogen) atoms. The van der Waals surface area contributed by atoms with Crippen LogP contribution >= 0.6 is 11.3 Å². The summed E-state index contributed by atoms with van der Waals surface area (Å²) in [5.41, 5.74) is 1.09. The van der Waals surface area contributed by atoms with Gasteiger partial charge in [-0.15, -0.1) is 11.3 Å². The van der Waals surface area contributed by atoms with E-state index >= 15 is 0 Å². The first-order valence-corrected chi connectivity index (χ1v) is 7.47. The molecule has 1 atom stereocenters. The molecule has 0 amide bonds. The number of nitrogens with one attached hydrogen (secondary N) is 1. The van der Waals surface area contributed by atoms with Gasteiger partial charge >= 0.3 is 0 Å². The van der Waals surface area contributed by atoms with Crippen LogP contribution in [0.15, 0.2) is 10.4 Å². The lowest BCUT2D eigenvalue weighted by atomic mass is 10.1. The van der Waals surface area contributed by atoms with Crippen LogP contribution < -0.4 is 5.32 Å². The zero-order chi connectivity index (χ0) is 13.7. The minimum Gasteiger partial charge on any atom is -0.381 e. The van der Waals surface area contributed by atoms with Crippen molar-refractivity contribution in [2.24, 2.45) is 10.9 Å². The van der Waals surface area contributed by atoms with E-state index in [9.17, 15) is 0 Å². The van der Waals surface area contributed by atoms with Gasteiger partial charge in [0, 0.05) is 38.5 Å². The van der Waals surface area contributed by atoms with E-state index in [1.54, 1.807) is 11.3 Å². The van der Waals surface area contributed by atoms with Crippen LogP contribution in [0.2, 0.25) is 0 Å². The van der Waals surface area contributed by atoms with E-state index in [1.165, 1.54) is 0 Å². The molecule has 2 rings (SSSR count). The van der Waals surface area contributed by atoms with E-state index in [0.717, 1.165) is 49.4 Å². The minimum absolute atomic E-state index is 0.603. The van der Waals surface area contributed by atoms with Gasteiger partial charge in [0.25, 0.3) is 0 Å². The average molecular weight is 282 g/mol. The number of aliphatic imine (C=N–C) groups is 1. The summed E-state index contributed by atoms with van der Waals surface area (Å²) in [5, 5.41) is 6.62. The van der Waals surface area contributed by atoms with Crippen molar-refractivity contribution in [1.82, 2.24) is 15.2 Å². The van der Waals surface area contributed by atoms with E-state index in [1.807, 2.05) is 21.0 Å². The third-order valence-corrected chi connectivity index (χ3v) is 4.03. The van der Waals surface area contributed by atoms with Crippen molar-refractivity contribution in [1.29, 1.82) is 0 Å². The Labute approximate surface area is 118 Å². The molecule has 1 fully saturated rings. The van der Waals surface area contributed by atoms with Crippen LogP contribution in [-0.2, 0) is 11.3 Å². The molecule has 1 aliphatic rings.